The van der Waals surface area contributed by atoms with E-state index in [4.69, 9.17) is 11.6 Å². The molecule has 0 amide bonds. The van der Waals surface area contributed by atoms with Crippen LogP contribution in [0.25, 0.3) is 0 Å². The molecule has 0 aliphatic heterocycles. The van der Waals surface area contributed by atoms with Crippen LogP contribution in [0.5, 0.6) is 0 Å². The molecule has 6 nitrogen and oxygen atoms in total. The van der Waals surface area contributed by atoms with Crippen LogP contribution >= 0.6 is 11.6 Å². The van der Waals surface area contributed by atoms with E-state index in [0.29, 0.717) is 24.1 Å². The number of hydrogen-bond donors (Lipinski definition) is 3. The van der Waals surface area contributed by atoms with Gasteiger partial charge < -0.3 is 10.6 Å². The van der Waals surface area contributed by atoms with Gasteiger partial charge in [-0.05, 0) is 49.6 Å². The van der Waals surface area contributed by atoms with E-state index in [2.05, 4.69) is 20.3 Å². The fourth-order valence-corrected chi connectivity index (χ4v) is 4.35. The van der Waals surface area contributed by atoms with Gasteiger partial charge in [-0.3, -0.25) is 0 Å². The maximum absolute atomic E-state index is 12.0. The topological polar surface area (TPSA) is 82.6 Å². The number of nitrogens with zero attached hydrogens (tertiary/aromatic N) is 1. The Bertz CT molecular complexity index is 913. The van der Waals surface area contributed by atoms with Crippen molar-refractivity contribution in [2.45, 2.75) is 45.7 Å². The number of nitrogens with one attached hydrogen (secondary N) is 3. The van der Waals surface area contributed by atoms with Gasteiger partial charge in [0.25, 0.3) is 0 Å². The molecule has 0 bridgehead atoms. The molecule has 158 valence electrons. The van der Waals surface area contributed by atoms with Crippen molar-refractivity contribution in [2.24, 2.45) is 4.99 Å². The Morgan fingerprint density at radius 3 is 2.34 bits per heavy atom. The van der Waals surface area contributed by atoms with Gasteiger partial charge >= 0.3 is 0 Å². The fraction of sp³-hybridized carbons (Fsp3) is 0.381. The quantitative estimate of drug-likeness (QED) is 0.415. The molecule has 2 aromatic rings. The summed E-state index contributed by atoms with van der Waals surface area (Å²) in [7, 11) is -3.32. The number of rotatable bonds is 9. The van der Waals surface area contributed by atoms with Crippen molar-refractivity contribution in [3.8, 4) is 0 Å². The molecule has 2 rings (SSSR count). The molecule has 0 saturated carbocycles. The SMILES string of the molecule is CCNC(=NCc1cccc(Cl)c1)NCc1ccc(CS(=O)(=O)NC(C)C)cc1. The normalized spacial score (nSPS) is 12.2. The Kier molecular flexibility index (Phi) is 8.95. The van der Waals surface area contributed by atoms with E-state index in [1.165, 1.54) is 0 Å². The van der Waals surface area contributed by atoms with Crippen molar-refractivity contribution in [3.63, 3.8) is 0 Å². The largest absolute Gasteiger partial charge is 0.357 e. The van der Waals surface area contributed by atoms with Gasteiger partial charge in [0.1, 0.15) is 0 Å². The Morgan fingerprint density at radius 1 is 1.03 bits per heavy atom. The zero-order valence-electron chi connectivity index (χ0n) is 17.1. The van der Waals surface area contributed by atoms with Crippen LogP contribution in [0.3, 0.4) is 0 Å². The van der Waals surface area contributed by atoms with E-state index in [1.807, 2.05) is 69.3 Å². The van der Waals surface area contributed by atoms with Crippen molar-refractivity contribution in [3.05, 3.63) is 70.2 Å². The molecule has 0 aliphatic rings. The molecule has 0 aromatic heterocycles. The lowest BCUT2D eigenvalue weighted by Crippen LogP contribution is -2.36. The number of aliphatic imine (C=N–C) groups is 1. The summed E-state index contributed by atoms with van der Waals surface area (Å²) in [5.41, 5.74) is 2.83. The summed E-state index contributed by atoms with van der Waals surface area (Å²) in [5.74, 6) is 0.683. The molecule has 8 heteroatoms. The third-order valence-corrected chi connectivity index (χ3v) is 5.69. The van der Waals surface area contributed by atoms with E-state index in [-0.39, 0.29) is 11.8 Å². The second-order valence-corrected chi connectivity index (χ2v) is 9.22. The molecule has 0 unspecified atom stereocenters. The molecule has 0 atom stereocenters. The van der Waals surface area contributed by atoms with Crippen molar-refractivity contribution in [1.82, 2.24) is 15.4 Å². The third-order valence-electron chi connectivity index (χ3n) is 3.91. The molecule has 0 radical (unpaired) electrons. The van der Waals surface area contributed by atoms with E-state index in [9.17, 15) is 8.42 Å². The zero-order chi connectivity index (χ0) is 21.3. The maximum Gasteiger partial charge on any atom is 0.216 e. The van der Waals surface area contributed by atoms with E-state index < -0.39 is 10.0 Å². The third kappa shape index (κ3) is 8.85. The van der Waals surface area contributed by atoms with Crippen molar-refractivity contribution < 1.29 is 8.42 Å². The first-order chi connectivity index (χ1) is 13.8. The minimum atomic E-state index is -3.32. The lowest BCUT2D eigenvalue weighted by molar-refractivity contribution is 0.569. The van der Waals surface area contributed by atoms with Gasteiger partial charge in [0.2, 0.25) is 10.0 Å². The molecule has 0 spiro atoms. The first-order valence-electron chi connectivity index (χ1n) is 9.62. The molecule has 0 fully saturated rings. The minimum absolute atomic E-state index is 0.0252. The molecule has 0 heterocycles. The van der Waals surface area contributed by atoms with Crippen LogP contribution in [0.4, 0.5) is 0 Å². The van der Waals surface area contributed by atoms with Crippen LogP contribution in [0.2, 0.25) is 5.02 Å². The van der Waals surface area contributed by atoms with Crippen molar-refractivity contribution >= 4 is 27.6 Å². The van der Waals surface area contributed by atoms with Gasteiger partial charge in [-0.25, -0.2) is 18.1 Å². The highest BCUT2D eigenvalue weighted by Crippen LogP contribution is 2.11. The molecule has 0 aliphatic carbocycles. The Labute approximate surface area is 178 Å². The molecule has 3 N–H and O–H groups in total. The Balaban J connectivity index is 1.94. The minimum Gasteiger partial charge on any atom is -0.357 e. The number of benzene rings is 2. The lowest BCUT2D eigenvalue weighted by Gasteiger charge is -2.12. The van der Waals surface area contributed by atoms with Crippen LogP contribution in [-0.4, -0.2) is 27.0 Å². The highest BCUT2D eigenvalue weighted by atomic mass is 35.5. The van der Waals surface area contributed by atoms with Gasteiger partial charge in [-0.2, -0.15) is 0 Å². The van der Waals surface area contributed by atoms with Crippen LogP contribution in [0, 0.1) is 0 Å². The van der Waals surface area contributed by atoms with Gasteiger partial charge in [0.15, 0.2) is 5.96 Å². The predicted molar refractivity (Wildman–Crippen MR) is 120 cm³/mol. The van der Waals surface area contributed by atoms with Crippen LogP contribution in [0.1, 0.15) is 37.5 Å². The smallest absolute Gasteiger partial charge is 0.216 e. The second kappa shape index (κ2) is 11.2. The summed E-state index contributed by atoms with van der Waals surface area (Å²) in [6.07, 6.45) is 0. The van der Waals surface area contributed by atoms with Crippen molar-refractivity contribution in [1.29, 1.82) is 0 Å². The highest BCUT2D eigenvalue weighted by molar-refractivity contribution is 7.88. The molecule has 2 aromatic carbocycles. The summed E-state index contributed by atoms with van der Waals surface area (Å²) in [5, 5.41) is 7.20. The second-order valence-electron chi connectivity index (χ2n) is 7.03. The van der Waals surface area contributed by atoms with E-state index in [1.54, 1.807) is 0 Å². The van der Waals surface area contributed by atoms with Crippen LogP contribution in [0.15, 0.2) is 53.5 Å². The molecular formula is C21H29ClN4O2S. The number of guanidine groups is 1. The highest BCUT2D eigenvalue weighted by Gasteiger charge is 2.12. The standard InChI is InChI=1S/C21H29ClN4O2S/c1-4-23-21(25-14-19-6-5-7-20(22)12-19)24-13-17-8-10-18(11-9-17)15-29(27,28)26-16(2)3/h5-12,16,26H,4,13-15H2,1-3H3,(H2,23,24,25). The van der Waals surface area contributed by atoms with Crippen LogP contribution < -0.4 is 15.4 Å². The predicted octanol–water partition coefficient (Wildman–Crippen LogP) is 3.42. The Morgan fingerprint density at radius 2 is 1.72 bits per heavy atom. The fourth-order valence-electron chi connectivity index (χ4n) is 2.71. The van der Waals surface area contributed by atoms with E-state index in [0.717, 1.165) is 23.2 Å². The van der Waals surface area contributed by atoms with Gasteiger partial charge in [0, 0.05) is 24.2 Å². The van der Waals surface area contributed by atoms with Crippen LogP contribution in [-0.2, 0) is 28.9 Å². The number of hydrogen-bond acceptors (Lipinski definition) is 3. The monoisotopic (exact) mass is 436 g/mol. The average Bonchev–Trinajstić information content (AvgIpc) is 2.64. The number of sulfonamides is 1. The summed E-state index contributed by atoms with van der Waals surface area (Å²) < 4.78 is 26.7. The molecule has 29 heavy (non-hydrogen) atoms. The van der Waals surface area contributed by atoms with Gasteiger partial charge in [0.05, 0.1) is 12.3 Å². The van der Waals surface area contributed by atoms with Crippen molar-refractivity contribution in [2.75, 3.05) is 6.54 Å². The van der Waals surface area contributed by atoms with Gasteiger partial charge in [-0.1, -0.05) is 48.0 Å². The van der Waals surface area contributed by atoms with Gasteiger partial charge in [-0.15, -0.1) is 0 Å². The number of halogens is 1. The summed E-state index contributed by atoms with van der Waals surface area (Å²) in [4.78, 5) is 4.58. The summed E-state index contributed by atoms with van der Waals surface area (Å²) >= 11 is 6.02. The first kappa shape index (κ1) is 23.2. The average molecular weight is 437 g/mol. The summed E-state index contributed by atoms with van der Waals surface area (Å²) in [6.45, 7) is 7.48. The molecule has 0 saturated heterocycles. The zero-order valence-corrected chi connectivity index (χ0v) is 18.6. The first-order valence-corrected chi connectivity index (χ1v) is 11.6. The lowest BCUT2D eigenvalue weighted by atomic mass is 10.1. The summed E-state index contributed by atoms with van der Waals surface area (Å²) in [6, 6.07) is 15.0. The molecular weight excluding hydrogens is 408 g/mol. The Hall–Kier alpha value is -2.09. The van der Waals surface area contributed by atoms with E-state index >= 15 is 0 Å². The maximum atomic E-state index is 12.0.